The zero-order valence-corrected chi connectivity index (χ0v) is 7.40. The van der Waals surface area contributed by atoms with Crippen LogP contribution in [-0.4, -0.2) is 40.2 Å². The summed E-state index contributed by atoms with van der Waals surface area (Å²) in [4.78, 5) is 18.4. The number of nitrogens with one attached hydrogen (secondary N) is 2. The molecule has 2 rings (SSSR count). The summed E-state index contributed by atoms with van der Waals surface area (Å²) in [6, 6.07) is 1.67. The van der Waals surface area contributed by atoms with Gasteiger partial charge in [-0.3, -0.25) is 0 Å². The molecule has 14 heavy (non-hydrogen) atoms. The fourth-order valence-electron chi connectivity index (χ4n) is 1.12. The molecule has 0 aliphatic carbocycles. The number of carboxylic acids is 1. The number of carbonyl (C=O) groups is 1. The Labute approximate surface area is 80.4 Å². The van der Waals surface area contributed by atoms with Gasteiger partial charge in [-0.1, -0.05) is 0 Å². The smallest absolute Gasteiger partial charge is 0.354 e. The van der Waals surface area contributed by atoms with Gasteiger partial charge in [-0.05, 0) is 6.07 Å². The molecule has 0 unspecified atom stereocenters. The molecule has 0 radical (unpaired) electrons. The largest absolute Gasteiger partial charge is 0.477 e. The van der Waals surface area contributed by atoms with Crippen LogP contribution < -0.4 is 10.6 Å². The molecule has 3 N–H and O–H groups in total. The molecule has 1 saturated heterocycles. The maximum absolute atomic E-state index is 10.6. The molecule has 0 aromatic carbocycles. The number of aromatic carboxylic acids is 1. The quantitative estimate of drug-likeness (QED) is 0.604. The molecular formula is C8H10N4O2. The first-order valence-corrected chi connectivity index (χ1v) is 4.29. The van der Waals surface area contributed by atoms with Crippen molar-refractivity contribution in [3.05, 3.63) is 18.0 Å². The first-order valence-electron chi connectivity index (χ1n) is 4.29. The van der Waals surface area contributed by atoms with Crippen molar-refractivity contribution in [1.29, 1.82) is 0 Å². The number of anilines is 1. The van der Waals surface area contributed by atoms with Crippen LogP contribution in [0.2, 0.25) is 0 Å². The second kappa shape index (κ2) is 3.59. The molecular weight excluding hydrogens is 184 g/mol. The lowest BCUT2D eigenvalue weighted by Crippen LogP contribution is -2.51. The Morgan fingerprint density at radius 3 is 3.00 bits per heavy atom. The van der Waals surface area contributed by atoms with E-state index in [1.165, 1.54) is 12.3 Å². The minimum absolute atomic E-state index is 0.00906. The third-order valence-corrected chi connectivity index (χ3v) is 1.99. The maximum atomic E-state index is 10.6. The van der Waals surface area contributed by atoms with E-state index < -0.39 is 5.97 Å². The number of nitrogens with zero attached hydrogens (tertiary/aromatic N) is 2. The Kier molecular flexibility index (Phi) is 2.28. The highest BCUT2D eigenvalue weighted by atomic mass is 16.4. The molecule has 0 bridgehead atoms. The number of aromatic nitrogens is 2. The van der Waals surface area contributed by atoms with Crippen LogP contribution in [-0.2, 0) is 0 Å². The first kappa shape index (κ1) is 8.89. The molecule has 1 fully saturated rings. The number of rotatable bonds is 3. The maximum Gasteiger partial charge on any atom is 0.354 e. The average Bonchev–Trinajstić information content (AvgIpc) is 2.12. The Morgan fingerprint density at radius 2 is 2.43 bits per heavy atom. The van der Waals surface area contributed by atoms with Gasteiger partial charge in [0.25, 0.3) is 0 Å². The van der Waals surface area contributed by atoms with Crippen molar-refractivity contribution in [2.45, 2.75) is 6.04 Å². The third-order valence-electron chi connectivity index (χ3n) is 1.99. The standard InChI is InChI=1S/C8H10N4O2/c13-7(14)6-1-2-10-8(12-6)11-5-3-9-4-5/h1-2,5,9H,3-4H2,(H,13,14)(H,10,11,12). The van der Waals surface area contributed by atoms with Gasteiger partial charge in [-0.15, -0.1) is 0 Å². The number of hydrogen-bond acceptors (Lipinski definition) is 5. The molecule has 1 aliphatic heterocycles. The summed E-state index contributed by atoms with van der Waals surface area (Å²) in [5, 5.41) is 14.8. The van der Waals surface area contributed by atoms with Crippen LogP contribution in [0.5, 0.6) is 0 Å². The summed E-state index contributed by atoms with van der Waals surface area (Å²) in [6.45, 7) is 1.72. The van der Waals surface area contributed by atoms with Gasteiger partial charge in [0.15, 0.2) is 5.69 Å². The summed E-state index contributed by atoms with van der Waals surface area (Å²) >= 11 is 0. The fraction of sp³-hybridized carbons (Fsp3) is 0.375. The lowest BCUT2D eigenvalue weighted by molar-refractivity contribution is 0.0690. The highest BCUT2D eigenvalue weighted by Crippen LogP contribution is 2.04. The van der Waals surface area contributed by atoms with Crippen LogP contribution >= 0.6 is 0 Å². The number of hydrogen-bond donors (Lipinski definition) is 3. The van der Waals surface area contributed by atoms with Crippen LogP contribution in [0.15, 0.2) is 12.3 Å². The van der Waals surface area contributed by atoms with E-state index in [0.717, 1.165) is 13.1 Å². The Balaban J connectivity index is 2.09. The van der Waals surface area contributed by atoms with Crippen molar-refractivity contribution >= 4 is 11.9 Å². The van der Waals surface area contributed by atoms with Crippen molar-refractivity contribution in [3.63, 3.8) is 0 Å². The summed E-state index contributed by atoms with van der Waals surface area (Å²) in [6.07, 6.45) is 1.44. The lowest BCUT2D eigenvalue weighted by Gasteiger charge is -2.27. The highest BCUT2D eigenvalue weighted by Gasteiger charge is 2.17. The second-order valence-corrected chi connectivity index (χ2v) is 3.07. The Bertz CT molecular complexity index is 351. The van der Waals surface area contributed by atoms with Gasteiger partial charge >= 0.3 is 5.97 Å². The van der Waals surface area contributed by atoms with Crippen LogP contribution in [0.1, 0.15) is 10.5 Å². The van der Waals surface area contributed by atoms with Crippen LogP contribution in [0.25, 0.3) is 0 Å². The second-order valence-electron chi connectivity index (χ2n) is 3.07. The molecule has 1 aliphatic rings. The van der Waals surface area contributed by atoms with E-state index in [4.69, 9.17) is 5.11 Å². The first-order chi connectivity index (χ1) is 6.75. The van der Waals surface area contributed by atoms with Gasteiger partial charge in [0.2, 0.25) is 5.95 Å². The van der Waals surface area contributed by atoms with E-state index in [0.29, 0.717) is 12.0 Å². The Morgan fingerprint density at radius 1 is 1.64 bits per heavy atom. The average molecular weight is 194 g/mol. The van der Waals surface area contributed by atoms with Crippen LogP contribution in [0, 0.1) is 0 Å². The molecule has 0 spiro atoms. The lowest BCUT2D eigenvalue weighted by atomic mass is 10.2. The monoisotopic (exact) mass is 194 g/mol. The van der Waals surface area contributed by atoms with E-state index in [2.05, 4.69) is 20.6 Å². The summed E-state index contributed by atoms with van der Waals surface area (Å²) < 4.78 is 0. The van der Waals surface area contributed by atoms with Crippen molar-refractivity contribution in [1.82, 2.24) is 15.3 Å². The molecule has 0 amide bonds. The summed E-state index contributed by atoms with van der Waals surface area (Å²) in [7, 11) is 0. The zero-order valence-electron chi connectivity index (χ0n) is 7.40. The van der Waals surface area contributed by atoms with Gasteiger partial charge in [-0.2, -0.15) is 0 Å². The predicted molar refractivity (Wildman–Crippen MR) is 49.3 cm³/mol. The van der Waals surface area contributed by atoms with Gasteiger partial charge < -0.3 is 15.7 Å². The molecule has 1 aromatic rings. The SMILES string of the molecule is O=C(O)c1ccnc(NC2CNC2)n1. The third kappa shape index (κ3) is 1.80. The molecule has 0 saturated carbocycles. The van der Waals surface area contributed by atoms with Crippen molar-refractivity contribution in [3.8, 4) is 0 Å². The van der Waals surface area contributed by atoms with E-state index >= 15 is 0 Å². The molecule has 1 aromatic heterocycles. The summed E-state index contributed by atoms with van der Waals surface area (Å²) in [5.41, 5.74) is 0.00906. The van der Waals surface area contributed by atoms with Crippen LogP contribution in [0.3, 0.4) is 0 Å². The normalized spacial score (nSPS) is 16.0. The molecule has 74 valence electrons. The van der Waals surface area contributed by atoms with E-state index in [-0.39, 0.29) is 5.69 Å². The molecule has 6 nitrogen and oxygen atoms in total. The zero-order chi connectivity index (χ0) is 9.97. The van der Waals surface area contributed by atoms with Crippen molar-refractivity contribution in [2.24, 2.45) is 0 Å². The van der Waals surface area contributed by atoms with Crippen molar-refractivity contribution in [2.75, 3.05) is 18.4 Å². The molecule has 6 heteroatoms. The highest BCUT2D eigenvalue weighted by molar-refractivity contribution is 5.85. The predicted octanol–water partition coefficient (Wildman–Crippen LogP) is -0.442. The summed E-state index contributed by atoms with van der Waals surface area (Å²) in [5.74, 6) is -0.668. The minimum Gasteiger partial charge on any atom is -0.477 e. The topological polar surface area (TPSA) is 87.1 Å². The van der Waals surface area contributed by atoms with Gasteiger partial charge in [0.05, 0.1) is 6.04 Å². The van der Waals surface area contributed by atoms with Gasteiger partial charge in [0.1, 0.15) is 0 Å². The van der Waals surface area contributed by atoms with Crippen LogP contribution in [0.4, 0.5) is 5.95 Å². The Hall–Kier alpha value is -1.69. The molecule has 0 atom stereocenters. The minimum atomic E-state index is -1.04. The van der Waals surface area contributed by atoms with Crippen molar-refractivity contribution < 1.29 is 9.90 Å². The van der Waals surface area contributed by atoms with Gasteiger partial charge in [0, 0.05) is 19.3 Å². The molecule has 2 heterocycles. The van der Waals surface area contributed by atoms with E-state index in [9.17, 15) is 4.79 Å². The number of carboxylic acid groups (broad SMARTS) is 1. The van der Waals surface area contributed by atoms with E-state index in [1.54, 1.807) is 0 Å². The van der Waals surface area contributed by atoms with Gasteiger partial charge in [-0.25, -0.2) is 14.8 Å². The fourth-order valence-corrected chi connectivity index (χ4v) is 1.12. The van der Waals surface area contributed by atoms with E-state index in [1.807, 2.05) is 0 Å².